The molecule has 0 bridgehead atoms. The molecule has 0 unspecified atom stereocenters. The SMILES string of the molecule is CCCCCCCCCCCCC[NH2+]CC(O)O.COS(=O)(=O)[O-]. The summed E-state index contributed by atoms with van der Waals surface area (Å²) in [4.78, 5) is 0. The van der Waals surface area contributed by atoms with Crippen LogP contribution < -0.4 is 5.32 Å². The van der Waals surface area contributed by atoms with Crippen molar-refractivity contribution in [2.45, 2.75) is 83.8 Å². The number of rotatable bonds is 15. The molecule has 0 atom stereocenters. The quantitative estimate of drug-likeness (QED) is 0.172. The molecule has 0 fully saturated rings. The first kappa shape index (κ1) is 26.0. The van der Waals surface area contributed by atoms with E-state index >= 15 is 0 Å². The predicted octanol–water partition coefficient (Wildman–Crippen LogP) is 1.26. The molecule has 0 aromatic carbocycles. The van der Waals surface area contributed by atoms with Crippen LogP contribution in [0.25, 0.3) is 0 Å². The number of hydrogen-bond donors (Lipinski definition) is 3. The van der Waals surface area contributed by atoms with Gasteiger partial charge >= 0.3 is 0 Å². The van der Waals surface area contributed by atoms with E-state index in [1.807, 2.05) is 5.32 Å². The highest BCUT2D eigenvalue weighted by Crippen LogP contribution is 2.10. The summed E-state index contributed by atoms with van der Waals surface area (Å²) in [6.45, 7) is 3.70. The average Bonchev–Trinajstić information content (AvgIpc) is 2.51. The lowest BCUT2D eigenvalue weighted by Crippen LogP contribution is -2.86. The van der Waals surface area contributed by atoms with Crippen molar-refractivity contribution in [1.82, 2.24) is 0 Å². The molecule has 0 saturated carbocycles. The summed E-state index contributed by atoms with van der Waals surface area (Å²) in [6.07, 6.45) is 13.8. The zero-order valence-corrected chi connectivity index (χ0v) is 16.1. The van der Waals surface area contributed by atoms with Crippen molar-refractivity contribution in [2.75, 3.05) is 20.2 Å². The van der Waals surface area contributed by atoms with Crippen LogP contribution in [0.3, 0.4) is 0 Å². The first-order chi connectivity index (χ1) is 11.3. The van der Waals surface area contributed by atoms with Crippen molar-refractivity contribution in [3.63, 3.8) is 0 Å². The van der Waals surface area contributed by atoms with Gasteiger partial charge in [-0.1, -0.05) is 64.7 Å². The van der Waals surface area contributed by atoms with Gasteiger partial charge in [0.15, 0.2) is 0 Å². The van der Waals surface area contributed by atoms with E-state index in [0.717, 1.165) is 13.7 Å². The van der Waals surface area contributed by atoms with Crippen LogP contribution in [0.4, 0.5) is 0 Å². The molecule has 24 heavy (non-hydrogen) atoms. The van der Waals surface area contributed by atoms with Gasteiger partial charge in [0.2, 0.25) is 16.7 Å². The van der Waals surface area contributed by atoms with Crippen molar-refractivity contribution in [1.29, 1.82) is 0 Å². The molecule has 4 N–H and O–H groups in total. The lowest BCUT2D eigenvalue weighted by atomic mass is 10.1. The minimum Gasteiger partial charge on any atom is -0.726 e. The van der Waals surface area contributed by atoms with Crippen LogP contribution in [0.2, 0.25) is 0 Å². The molecular weight excluding hydrogens is 334 g/mol. The molecule has 0 aliphatic carbocycles. The summed E-state index contributed by atoms with van der Waals surface area (Å²) in [5.41, 5.74) is 0. The number of aliphatic hydroxyl groups excluding tert-OH is 1. The molecule has 8 heteroatoms. The minimum atomic E-state index is -4.41. The Bertz CT molecular complexity index is 335. The molecule has 0 radical (unpaired) electrons. The fourth-order valence-corrected chi connectivity index (χ4v) is 2.22. The summed E-state index contributed by atoms with van der Waals surface area (Å²) >= 11 is 0. The predicted molar refractivity (Wildman–Crippen MR) is 93.1 cm³/mol. The Labute approximate surface area is 147 Å². The summed E-state index contributed by atoms with van der Waals surface area (Å²) in [6, 6.07) is 0. The lowest BCUT2D eigenvalue weighted by Gasteiger charge is -2.04. The van der Waals surface area contributed by atoms with Crippen molar-refractivity contribution < 1.29 is 32.7 Å². The molecule has 0 rings (SSSR count). The van der Waals surface area contributed by atoms with Crippen LogP contribution in [-0.4, -0.2) is 49.7 Å². The Morgan fingerprint density at radius 2 is 1.29 bits per heavy atom. The Morgan fingerprint density at radius 3 is 1.62 bits per heavy atom. The highest BCUT2D eigenvalue weighted by Gasteiger charge is 1.98. The summed E-state index contributed by atoms with van der Waals surface area (Å²) < 4.78 is 31.0. The summed E-state index contributed by atoms with van der Waals surface area (Å²) in [5.74, 6) is 0. The maximum atomic E-state index is 9.22. The van der Waals surface area contributed by atoms with Gasteiger partial charge in [0.1, 0.15) is 6.54 Å². The molecular formula is C16H37NO6S. The van der Waals surface area contributed by atoms with Crippen LogP contribution in [0.1, 0.15) is 77.6 Å². The second kappa shape index (κ2) is 19.1. The molecule has 0 amide bonds. The van der Waals surface area contributed by atoms with Crippen molar-refractivity contribution in [2.24, 2.45) is 0 Å². The molecule has 7 nitrogen and oxygen atoms in total. The van der Waals surface area contributed by atoms with Crippen LogP contribution in [0, 0.1) is 0 Å². The van der Waals surface area contributed by atoms with Crippen molar-refractivity contribution >= 4 is 10.4 Å². The van der Waals surface area contributed by atoms with E-state index in [1.54, 1.807) is 0 Å². The maximum absolute atomic E-state index is 9.22. The lowest BCUT2D eigenvalue weighted by molar-refractivity contribution is -0.667. The maximum Gasteiger partial charge on any atom is 0.217 e. The van der Waals surface area contributed by atoms with Gasteiger partial charge in [-0.25, -0.2) is 8.42 Å². The van der Waals surface area contributed by atoms with Gasteiger partial charge in [-0.15, -0.1) is 0 Å². The fraction of sp³-hybridized carbons (Fsp3) is 1.00. The smallest absolute Gasteiger partial charge is 0.217 e. The Hall–Kier alpha value is -0.250. The number of hydrogen-bond acceptors (Lipinski definition) is 6. The van der Waals surface area contributed by atoms with Crippen LogP contribution >= 0.6 is 0 Å². The van der Waals surface area contributed by atoms with Crippen LogP contribution in [0.15, 0.2) is 0 Å². The largest absolute Gasteiger partial charge is 0.726 e. The molecule has 0 heterocycles. The number of quaternary nitrogens is 1. The van der Waals surface area contributed by atoms with Gasteiger partial charge in [0.25, 0.3) is 0 Å². The second-order valence-corrected chi connectivity index (χ2v) is 7.05. The van der Waals surface area contributed by atoms with Gasteiger partial charge in [0, 0.05) is 0 Å². The van der Waals surface area contributed by atoms with Crippen molar-refractivity contribution in [3.05, 3.63) is 0 Å². The summed E-state index contributed by atoms with van der Waals surface area (Å²) in [5, 5.41) is 19.3. The van der Waals surface area contributed by atoms with E-state index < -0.39 is 16.7 Å². The van der Waals surface area contributed by atoms with E-state index in [-0.39, 0.29) is 0 Å². The monoisotopic (exact) mass is 371 g/mol. The highest BCUT2D eigenvalue weighted by atomic mass is 32.3. The summed E-state index contributed by atoms with van der Waals surface area (Å²) in [7, 11) is -3.60. The van der Waals surface area contributed by atoms with Crippen LogP contribution in [-0.2, 0) is 14.6 Å². The van der Waals surface area contributed by atoms with E-state index in [4.69, 9.17) is 10.2 Å². The van der Waals surface area contributed by atoms with Gasteiger partial charge in [-0.3, -0.25) is 4.18 Å². The highest BCUT2D eigenvalue weighted by molar-refractivity contribution is 7.80. The number of unbranched alkanes of at least 4 members (excludes halogenated alkanes) is 10. The van der Waals surface area contributed by atoms with Gasteiger partial charge in [-0.05, 0) is 12.8 Å². The average molecular weight is 372 g/mol. The zero-order valence-electron chi connectivity index (χ0n) is 15.3. The molecule has 0 aromatic rings. The third kappa shape index (κ3) is 29.7. The number of aliphatic hydroxyl groups is 2. The zero-order chi connectivity index (χ0) is 18.7. The standard InChI is InChI=1S/C15H33NO2.CH4O4S/c1-2-3-4-5-6-7-8-9-10-11-12-13-16-14-15(17)18;1-5-6(2,3)4/h15-18H,2-14H2,1H3;1H3,(H,2,3,4). The molecule has 0 aliphatic rings. The minimum absolute atomic E-state index is 0.414. The Kier molecular flexibility index (Phi) is 20.7. The molecule has 0 spiro atoms. The number of nitrogens with two attached hydrogens (primary N) is 1. The first-order valence-corrected chi connectivity index (χ1v) is 10.4. The van der Waals surface area contributed by atoms with E-state index in [1.165, 1.54) is 70.6 Å². The normalized spacial score (nSPS) is 11.4. The Morgan fingerprint density at radius 1 is 0.917 bits per heavy atom. The second-order valence-electron chi connectivity index (χ2n) is 5.90. The van der Waals surface area contributed by atoms with Gasteiger partial charge < -0.3 is 20.1 Å². The van der Waals surface area contributed by atoms with Gasteiger partial charge in [0.05, 0.1) is 13.7 Å². The van der Waals surface area contributed by atoms with Gasteiger partial charge in [-0.2, -0.15) is 0 Å². The Balaban J connectivity index is 0. The third-order valence-electron chi connectivity index (χ3n) is 3.59. The molecule has 0 saturated heterocycles. The topological polar surface area (TPSA) is 124 Å². The first-order valence-electron chi connectivity index (χ1n) is 9.02. The van der Waals surface area contributed by atoms with Crippen LogP contribution in [0.5, 0.6) is 0 Å². The molecule has 0 aromatic heterocycles. The van der Waals surface area contributed by atoms with E-state index in [2.05, 4.69) is 11.1 Å². The third-order valence-corrected chi connectivity index (χ3v) is 4.00. The molecule has 148 valence electrons. The molecule has 0 aliphatic heterocycles. The van der Waals surface area contributed by atoms with E-state index in [0.29, 0.717) is 6.54 Å². The fourth-order valence-electron chi connectivity index (χ4n) is 2.22. The van der Waals surface area contributed by atoms with E-state index in [9.17, 15) is 13.0 Å². The van der Waals surface area contributed by atoms with Crippen molar-refractivity contribution in [3.8, 4) is 0 Å².